The molecule has 0 unspecified atom stereocenters. The third-order valence-corrected chi connectivity index (χ3v) is 7.01. The van der Waals surface area contributed by atoms with Gasteiger partial charge >= 0.3 is 0 Å². The Balaban J connectivity index is 1.33. The molecule has 0 saturated heterocycles. The van der Waals surface area contributed by atoms with Gasteiger partial charge in [0.25, 0.3) is 11.8 Å². The second-order valence-electron chi connectivity index (χ2n) is 10.9. The predicted octanol–water partition coefficient (Wildman–Crippen LogP) is 4.66. The lowest BCUT2D eigenvalue weighted by atomic mass is 10.1. The Labute approximate surface area is 258 Å². The van der Waals surface area contributed by atoms with Crippen molar-refractivity contribution in [3.05, 3.63) is 101 Å². The summed E-state index contributed by atoms with van der Waals surface area (Å²) in [6.07, 6.45) is 8.34. The standard InChI is InChI=1S/C34H40N6O4/c1-38(2)16-8-15-35-34(43)31-20-28(23-40(31)4)36-32(41)21-29-19-27(22-39(29)3)37-33(42)26-11-6-9-24(17-26)13-14-25-10-7-12-30(18-25)44-5/h6-7,9-14,17-20,22-23H,8,15-16,21H2,1-5H3,(H,35,43)(H,36,41)(H,37,42)/b14-13+. The molecule has 10 heteroatoms. The fourth-order valence-corrected chi connectivity index (χ4v) is 4.69. The van der Waals surface area contributed by atoms with Gasteiger partial charge in [-0.2, -0.15) is 0 Å². The molecule has 3 amide bonds. The van der Waals surface area contributed by atoms with Crippen molar-refractivity contribution >= 4 is 41.2 Å². The van der Waals surface area contributed by atoms with Crippen molar-refractivity contribution in [2.24, 2.45) is 14.1 Å². The molecule has 0 aliphatic rings. The first-order valence-electron chi connectivity index (χ1n) is 14.4. The van der Waals surface area contributed by atoms with E-state index < -0.39 is 0 Å². The number of amides is 3. The molecule has 0 atom stereocenters. The van der Waals surface area contributed by atoms with E-state index in [1.807, 2.05) is 75.8 Å². The lowest BCUT2D eigenvalue weighted by molar-refractivity contribution is -0.115. The molecular weight excluding hydrogens is 556 g/mol. The monoisotopic (exact) mass is 596 g/mol. The van der Waals surface area contributed by atoms with E-state index in [9.17, 15) is 14.4 Å². The second-order valence-corrected chi connectivity index (χ2v) is 10.9. The summed E-state index contributed by atoms with van der Waals surface area (Å²) >= 11 is 0. The summed E-state index contributed by atoms with van der Waals surface area (Å²) in [5.74, 6) is 0.108. The molecule has 0 radical (unpaired) electrons. The lowest BCUT2D eigenvalue weighted by Crippen LogP contribution is -2.28. The van der Waals surface area contributed by atoms with E-state index in [1.165, 1.54) is 0 Å². The van der Waals surface area contributed by atoms with E-state index in [1.54, 1.807) is 53.9 Å². The van der Waals surface area contributed by atoms with Crippen molar-refractivity contribution in [3.63, 3.8) is 0 Å². The largest absolute Gasteiger partial charge is 0.497 e. The summed E-state index contributed by atoms with van der Waals surface area (Å²) in [7, 11) is 9.20. The minimum Gasteiger partial charge on any atom is -0.497 e. The highest BCUT2D eigenvalue weighted by Gasteiger charge is 2.15. The molecule has 44 heavy (non-hydrogen) atoms. The van der Waals surface area contributed by atoms with Crippen LogP contribution in [0.1, 0.15) is 44.1 Å². The maximum atomic E-state index is 13.0. The second kappa shape index (κ2) is 14.9. The van der Waals surface area contributed by atoms with Gasteiger partial charge in [0.1, 0.15) is 11.4 Å². The molecule has 2 aromatic carbocycles. The fourth-order valence-electron chi connectivity index (χ4n) is 4.69. The van der Waals surface area contributed by atoms with E-state index in [0.717, 1.165) is 35.5 Å². The maximum Gasteiger partial charge on any atom is 0.267 e. The van der Waals surface area contributed by atoms with Gasteiger partial charge in [-0.1, -0.05) is 36.4 Å². The quantitative estimate of drug-likeness (QED) is 0.154. The minimum absolute atomic E-state index is 0.0951. The first-order valence-corrected chi connectivity index (χ1v) is 14.4. The van der Waals surface area contributed by atoms with E-state index in [0.29, 0.717) is 29.2 Å². The zero-order valence-corrected chi connectivity index (χ0v) is 25.9. The van der Waals surface area contributed by atoms with Crippen LogP contribution in [0.2, 0.25) is 0 Å². The number of aromatic nitrogens is 2. The van der Waals surface area contributed by atoms with Crippen LogP contribution < -0.4 is 20.7 Å². The minimum atomic E-state index is -0.250. The number of ether oxygens (including phenoxy) is 1. The van der Waals surface area contributed by atoms with Crippen LogP contribution in [-0.4, -0.2) is 66.1 Å². The first-order chi connectivity index (χ1) is 21.1. The van der Waals surface area contributed by atoms with Gasteiger partial charge < -0.3 is 34.7 Å². The van der Waals surface area contributed by atoms with Crippen LogP contribution in [0.5, 0.6) is 5.75 Å². The SMILES string of the molecule is COc1cccc(/C=C/c2cccc(C(=O)Nc3cc(CC(=O)Nc4cc(C(=O)NCCCN(C)C)n(C)c4)n(C)c3)c2)c1. The predicted molar refractivity (Wildman–Crippen MR) is 175 cm³/mol. The molecule has 0 aliphatic carbocycles. The Kier molecular flexibility index (Phi) is 10.8. The van der Waals surface area contributed by atoms with Crippen LogP contribution in [0, 0.1) is 0 Å². The normalized spacial score (nSPS) is 11.1. The van der Waals surface area contributed by atoms with Crippen molar-refractivity contribution in [3.8, 4) is 5.75 Å². The number of carbonyl (C=O) groups is 3. The Morgan fingerprint density at radius 1 is 0.841 bits per heavy atom. The first kappa shape index (κ1) is 31.8. The van der Waals surface area contributed by atoms with Gasteiger partial charge in [-0.3, -0.25) is 14.4 Å². The van der Waals surface area contributed by atoms with Crippen LogP contribution >= 0.6 is 0 Å². The van der Waals surface area contributed by atoms with Crippen LogP contribution in [0.4, 0.5) is 11.4 Å². The van der Waals surface area contributed by atoms with Crippen LogP contribution in [0.15, 0.2) is 73.1 Å². The number of hydrogen-bond donors (Lipinski definition) is 3. The molecule has 4 aromatic rings. The number of nitrogens with one attached hydrogen (secondary N) is 3. The Hall–Kier alpha value is -5.09. The summed E-state index contributed by atoms with van der Waals surface area (Å²) in [5.41, 5.74) is 4.71. The van der Waals surface area contributed by atoms with E-state index in [4.69, 9.17) is 4.74 Å². The average Bonchev–Trinajstić information content (AvgIpc) is 3.54. The van der Waals surface area contributed by atoms with Gasteiger partial charge in [-0.05, 0) is 74.6 Å². The van der Waals surface area contributed by atoms with Crippen molar-refractivity contribution in [2.75, 3.05) is 44.9 Å². The third-order valence-electron chi connectivity index (χ3n) is 7.01. The molecule has 0 fully saturated rings. The van der Waals surface area contributed by atoms with Crippen molar-refractivity contribution in [1.29, 1.82) is 0 Å². The zero-order chi connectivity index (χ0) is 31.6. The summed E-state index contributed by atoms with van der Waals surface area (Å²) in [4.78, 5) is 40.5. The van der Waals surface area contributed by atoms with Crippen molar-refractivity contribution in [2.45, 2.75) is 12.8 Å². The van der Waals surface area contributed by atoms with Crippen LogP contribution in [0.3, 0.4) is 0 Å². The molecule has 3 N–H and O–H groups in total. The number of methoxy groups -OCH3 is 1. The Bertz CT molecular complexity index is 1650. The molecule has 0 aliphatic heterocycles. The number of benzene rings is 2. The number of rotatable bonds is 13. The number of nitrogens with zero attached hydrogens (tertiary/aromatic N) is 3. The van der Waals surface area contributed by atoms with Crippen LogP contribution in [-0.2, 0) is 25.3 Å². The highest BCUT2D eigenvalue weighted by molar-refractivity contribution is 6.05. The smallest absolute Gasteiger partial charge is 0.267 e. The van der Waals surface area contributed by atoms with Gasteiger partial charge in [-0.15, -0.1) is 0 Å². The number of aryl methyl sites for hydroxylation is 2. The highest BCUT2D eigenvalue weighted by Crippen LogP contribution is 2.19. The summed E-state index contributed by atoms with van der Waals surface area (Å²) < 4.78 is 8.77. The fraction of sp³-hybridized carbons (Fsp3) is 0.265. The van der Waals surface area contributed by atoms with Gasteiger partial charge in [0.2, 0.25) is 5.91 Å². The molecule has 10 nitrogen and oxygen atoms in total. The lowest BCUT2D eigenvalue weighted by Gasteiger charge is -2.10. The molecule has 0 bridgehead atoms. The maximum absolute atomic E-state index is 13.0. The van der Waals surface area contributed by atoms with Gasteiger partial charge in [0, 0.05) is 44.3 Å². The number of hydrogen-bond acceptors (Lipinski definition) is 5. The molecule has 230 valence electrons. The third kappa shape index (κ3) is 8.95. The summed E-state index contributed by atoms with van der Waals surface area (Å²) in [5, 5.41) is 8.71. The number of carbonyl (C=O) groups excluding carboxylic acids is 3. The van der Waals surface area contributed by atoms with Gasteiger partial charge in [0.05, 0.1) is 24.9 Å². The van der Waals surface area contributed by atoms with Crippen molar-refractivity contribution < 1.29 is 19.1 Å². The van der Waals surface area contributed by atoms with E-state index in [2.05, 4.69) is 20.9 Å². The van der Waals surface area contributed by atoms with E-state index >= 15 is 0 Å². The molecule has 0 saturated carbocycles. The Morgan fingerprint density at radius 3 is 2.25 bits per heavy atom. The Morgan fingerprint density at radius 2 is 1.52 bits per heavy atom. The average molecular weight is 597 g/mol. The molecule has 2 heterocycles. The van der Waals surface area contributed by atoms with Crippen molar-refractivity contribution in [1.82, 2.24) is 19.4 Å². The van der Waals surface area contributed by atoms with E-state index in [-0.39, 0.29) is 24.1 Å². The van der Waals surface area contributed by atoms with Gasteiger partial charge in [-0.25, -0.2) is 0 Å². The summed E-state index contributed by atoms with van der Waals surface area (Å²) in [6.45, 7) is 1.46. The molecule has 0 spiro atoms. The number of anilines is 2. The van der Waals surface area contributed by atoms with Gasteiger partial charge in [0.15, 0.2) is 0 Å². The molecule has 4 rings (SSSR count). The topological polar surface area (TPSA) is 110 Å². The van der Waals surface area contributed by atoms with Crippen LogP contribution in [0.25, 0.3) is 12.2 Å². The summed E-state index contributed by atoms with van der Waals surface area (Å²) in [6, 6.07) is 18.5. The molecular formula is C34H40N6O4. The highest BCUT2D eigenvalue weighted by atomic mass is 16.5. The molecule has 2 aromatic heterocycles. The zero-order valence-electron chi connectivity index (χ0n) is 25.9.